The number of fused-ring (bicyclic) bond motifs is 1. The summed E-state index contributed by atoms with van der Waals surface area (Å²) in [6, 6.07) is 10.5. The average molecular weight is 273 g/mol. The third-order valence-corrected chi connectivity index (χ3v) is 3.33. The number of benzene rings is 1. The number of hydrogen-bond donors (Lipinski definition) is 0. The van der Waals surface area contributed by atoms with Gasteiger partial charge < -0.3 is 0 Å². The van der Waals surface area contributed by atoms with E-state index >= 15 is 0 Å². The van der Waals surface area contributed by atoms with Gasteiger partial charge in [-0.05, 0) is 18.2 Å². The van der Waals surface area contributed by atoms with Crippen molar-refractivity contribution in [2.24, 2.45) is 5.10 Å². The molecule has 8 heteroatoms. The molecule has 1 aromatic carbocycles. The van der Waals surface area contributed by atoms with Crippen molar-refractivity contribution in [3.63, 3.8) is 0 Å². The van der Waals surface area contributed by atoms with Crippen LogP contribution in [-0.2, 0) is 0 Å². The van der Waals surface area contributed by atoms with Gasteiger partial charge >= 0.3 is 5.00 Å². The molecule has 0 aliphatic rings. The highest BCUT2D eigenvalue weighted by molar-refractivity contribution is 7.16. The van der Waals surface area contributed by atoms with Crippen LogP contribution in [0.1, 0.15) is 4.88 Å². The Labute approximate surface area is 110 Å². The first-order chi connectivity index (χ1) is 9.22. The normalized spacial score (nSPS) is 11.4. The molecule has 3 aromatic rings. The maximum absolute atomic E-state index is 10.5. The molecule has 0 saturated carbocycles. The number of aromatic nitrogens is 3. The Bertz CT molecular complexity index is 743. The lowest BCUT2D eigenvalue weighted by Crippen LogP contribution is -1.93. The van der Waals surface area contributed by atoms with E-state index in [2.05, 4.69) is 15.3 Å². The standard InChI is InChI=1S/C11H7N5O2S/c17-15(18)11-6-5-8(19-11)7-12-16-13-9-3-1-2-4-10(9)14-16/h1-7H/b12-7+. The predicted octanol–water partition coefficient (Wildman–Crippen LogP) is 2.28. The summed E-state index contributed by atoms with van der Waals surface area (Å²) < 4.78 is 0. The van der Waals surface area contributed by atoms with Gasteiger partial charge in [0.1, 0.15) is 11.0 Å². The Hall–Kier alpha value is -2.61. The van der Waals surface area contributed by atoms with Gasteiger partial charge in [-0.25, -0.2) is 0 Å². The van der Waals surface area contributed by atoms with Crippen molar-refractivity contribution in [3.05, 3.63) is 51.4 Å². The van der Waals surface area contributed by atoms with Gasteiger partial charge in [0, 0.05) is 6.07 Å². The van der Waals surface area contributed by atoms with Crippen LogP contribution in [0.25, 0.3) is 11.0 Å². The van der Waals surface area contributed by atoms with E-state index in [1.807, 2.05) is 24.3 Å². The fourth-order valence-corrected chi connectivity index (χ4v) is 2.21. The molecule has 0 aliphatic heterocycles. The lowest BCUT2D eigenvalue weighted by atomic mass is 10.3. The molecule has 0 spiro atoms. The summed E-state index contributed by atoms with van der Waals surface area (Å²) in [5, 5.41) is 23.0. The van der Waals surface area contributed by atoms with Crippen molar-refractivity contribution >= 4 is 33.6 Å². The SMILES string of the molecule is O=[N+]([O-])c1ccc(/C=N/n2nc3ccccc3n2)s1. The fourth-order valence-electron chi connectivity index (χ4n) is 1.52. The van der Waals surface area contributed by atoms with Gasteiger partial charge in [-0.3, -0.25) is 10.1 Å². The number of nitro groups is 1. The van der Waals surface area contributed by atoms with E-state index in [1.54, 1.807) is 6.07 Å². The van der Waals surface area contributed by atoms with Crippen LogP contribution in [0.3, 0.4) is 0 Å². The van der Waals surface area contributed by atoms with Crippen molar-refractivity contribution in [2.75, 3.05) is 0 Å². The molecule has 94 valence electrons. The van der Waals surface area contributed by atoms with Crippen molar-refractivity contribution in [3.8, 4) is 0 Å². The van der Waals surface area contributed by atoms with E-state index in [1.165, 1.54) is 17.2 Å². The first-order valence-electron chi connectivity index (χ1n) is 5.33. The zero-order valence-corrected chi connectivity index (χ0v) is 10.3. The molecule has 2 heterocycles. The Kier molecular flexibility index (Phi) is 2.76. The van der Waals surface area contributed by atoms with Crippen LogP contribution in [0.4, 0.5) is 5.00 Å². The van der Waals surface area contributed by atoms with Crippen LogP contribution in [0, 0.1) is 10.1 Å². The van der Waals surface area contributed by atoms with E-state index in [9.17, 15) is 10.1 Å². The summed E-state index contributed by atoms with van der Waals surface area (Å²) >= 11 is 1.05. The number of thiophene rings is 1. The Morgan fingerprint density at radius 1 is 1.21 bits per heavy atom. The molecule has 0 radical (unpaired) electrons. The molecule has 0 N–H and O–H groups in total. The van der Waals surface area contributed by atoms with Gasteiger partial charge in [-0.15, -0.1) is 15.3 Å². The molecular weight excluding hydrogens is 266 g/mol. The highest BCUT2D eigenvalue weighted by atomic mass is 32.1. The van der Waals surface area contributed by atoms with Gasteiger partial charge in [0.05, 0.1) is 16.0 Å². The van der Waals surface area contributed by atoms with Gasteiger partial charge in [-0.2, -0.15) is 0 Å². The molecule has 0 amide bonds. The lowest BCUT2D eigenvalue weighted by molar-refractivity contribution is -0.380. The minimum atomic E-state index is -0.428. The molecule has 0 saturated heterocycles. The highest BCUT2D eigenvalue weighted by Gasteiger charge is 2.08. The second-order valence-corrected chi connectivity index (χ2v) is 4.73. The largest absolute Gasteiger partial charge is 0.324 e. The maximum Gasteiger partial charge on any atom is 0.324 e. The van der Waals surface area contributed by atoms with E-state index in [-0.39, 0.29) is 5.00 Å². The molecule has 0 unspecified atom stereocenters. The predicted molar refractivity (Wildman–Crippen MR) is 71.5 cm³/mol. The van der Waals surface area contributed by atoms with Gasteiger partial charge in [0.15, 0.2) is 0 Å². The molecule has 7 nitrogen and oxygen atoms in total. The number of hydrogen-bond acceptors (Lipinski definition) is 6. The lowest BCUT2D eigenvalue weighted by Gasteiger charge is -1.85. The van der Waals surface area contributed by atoms with Crippen molar-refractivity contribution in [1.82, 2.24) is 15.1 Å². The fraction of sp³-hybridized carbons (Fsp3) is 0. The van der Waals surface area contributed by atoms with Crippen LogP contribution in [0.5, 0.6) is 0 Å². The minimum absolute atomic E-state index is 0.0834. The van der Waals surface area contributed by atoms with Gasteiger partial charge in [0.2, 0.25) is 0 Å². The van der Waals surface area contributed by atoms with Crippen molar-refractivity contribution in [2.45, 2.75) is 0 Å². The van der Waals surface area contributed by atoms with Crippen LogP contribution in [-0.4, -0.2) is 26.2 Å². The first-order valence-corrected chi connectivity index (χ1v) is 6.15. The quantitative estimate of drug-likeness (QED) is 0.416. The van der Waals surface area contributed by atoms with E-state index < -0.39 is 4.92 Å². The molecule has 19 heavy (non-hydrogen) atoms. The molecule has 0 bridgehead atoms. The number of nitrogens with zero attached hydrogens (tertiary/aromatic N) is 5. The average Bonchev–Trinajstić information content (AvgIpc) is 3.02. The first kappa shape index (κ1) is 11.5. The monoisotopic (exact) mass is 273 g/mol. The van der Waals surface area contributed by atoms with Crippen molar-refractivity contribution < 1.29 is 4.92 Å². The van der Waals surface area contributed by atoms with E-state index in [0.29, 0.717) is 4.88 Å². The Morgan fingerprint density at radius 3 is 2.47 bits per heavy atom. The highest BCUT2D eigenvalue weighted by Crippen LogP contribution is 2.22. The molecule has 0 aliphatic carbocycles. The van der Waals surface area contributed by atoms with E-state index in [4.69, 9.17) is 0 Å². The molecular formula is C11H7N5O2S. The molecule has 0 atom stereocenters. The Morgan fingerprint density at radius 2 is 1.89 bits per heavy atom. The van der Waals surface area contributed by atoms with Crippen molar-refractivity contribution in [1.29, 1.82) is 0 Å². The summed E-state index contributed by atoms with van der Waals surface area (Å²) in [5.41, 5.74) is 1.49. The molecule has 2 aromatic heterocycles. The van der Waals surface area contributed by atoms with Crippen LogP contribution >= 0.6 is 11.3 Å². The third-order valence-electron chi connectivity index (χ3n) is 2.36. The van der Waals surface area contributed by atoms with Crippen LogP contribution in [0.15, 0.2) is 41.5 Å². The maximum atomic E-state index is 10.5. The van der Waals surface area contributed by atoms with Gasteiger partial charge in [0.25, 0.3) is 0 Å². The third kappa shape index (κ3) is 2.33. The number of rotatable bonds is 3. The smallest absolute Gasteiger partial charge is 0.258 e. The summed E-state index contributed by atoms with van der Waals surface area (Å²) in [7, 11) is 0. The summed E-state index contributed by atoms with van der Waals surface area (Å²) in [6.45, 7) is 0. The summed E-state index contributed by atoms with van der Waals surface area (Å²) in [6.07, 6.45) is 1.50. The minimum Gasteiger partial charge on any atom is -0.258 e. The zero-order valence-electron chi connectivity index (χ0n) is 9.50. The Balaban J connectivity index is 1.86. The van der Waals surface area contributed by atoms with Gasteiger partial charge in [-0.1, -0.05) is 28.4 Å². The van der Waals surface area contributed by atoms with Crippen LogP contribution < -0.4 is 0 Å². The van der Waals surface area contributed by atoms with E-state index in [0.717, 1.165) is 22.4 Å². The summed E-state index contributed by atoms with van der Waals surface area (Å²) in [5.74, 6) is 0. The molecule has 0 fully saturated rings. The second kappa shape index (κ2) is 4.58. The topological polar surface area (TPSA) is 86.2 Å². The summed E-state index contributed by atoms with van der Waals surface area (Å²) in [4.78, 5) is 12.0. The second-order valence-electron chi connectivity index (χ2n) is 3.63. The van der Waals surface area contributed by atoms with Crippen LogP contribution in [0.2, 0.25) is 0 Å². The molecule has 3 rings (SSSR count). The zero-order chi connectivity index (χ0) is 13.2.